The summed E-state index contributed by atoms with van der Waals surface area (Å²) in [4.78, 5) is 2.14. The van der Waals surface area contributed by atoms with E-state index in [2.05, 4.69) is 25.7 Å². The Balaban J connectivity index is 2.91. The van der Waals surface area contributed by atoms with Crippen molar-refractivity contribution in [2.24, 2.45) is 16.9 Å². The summed E-state index contributed by atoms with van der Waals surface area (Å²) in [7, 11) is 0. The van der Waals surface area contributed by atoms with Crippen LogP contribution in [0.5, 0.6) is 0 Å². The maximum absolute atomic E-state index is 10.9. The van der Waals surface area contributed by atoms with Gasteiger partial charge in [-0.15, -0.1) is 0 Å². The third-order valence-corrected chi connectivity index (χ3v) is 4.49. The average molecular weight is 332 g/mol. The maximum Gasteiger partial charge on any atom is 0.0983 e. The minimum Gasteiger partial charge on any atom is -0.389 e. The Morgan fingerprint density at radius 1 is 1.00 bits per heavy atom. The van der Waals surface area contributed by atoms with Crippen LogP contribution in [0.2, 0.25) is 0 Å². The molecule has 0 unspecified atom stereocenters. The minimum atomic E-state index is -0.712. The smallest absolute Gasteiger partial charge is 0.0983 e. The lowest BCUT2D eigenvalue weighted by molar-refractivity contribution is -0.207. The van der Waals surface area contributed by atoms with Crippen molar-refractivity contribution in [1.29, 1.82) is 0 Å². The zero-order valence-electron chi connectivity index (χ0n) is 15.2. The number of ether oxygens (including phenoxy) is 1. The van der Waals surface area contributed by atoms with Crippen molar-refractivity contribution in [3.05, 3.63) is 0 Å². The molecule has 1 saturated heterocycles. The first-order valence-corrected chi connectivity index (χ1v) is 8.87. The highest BCUT2D eigenvalue weighted by molar-refractivity contribution is 4.97. The number of hydrogen-bond acceptors (Lipinski definition) is 6. The molecule has 1 aliphatic heterocycles. The lowest BCUT2D eigenvalue weighted by Crippen LogP contribution is -2.64. The van der Waals surface area contributed by atoms with Gasteiger partial charge in [0.05, 0.1) is 30.5 Å². The van der Waals surface area contributed by atoms with Crippen LogP contribution in [0.3, 0.4) is 0 Å². The van der Waals surface area contributed by atoms with Crippen molar-refractivity contribution >= 4 is 0 Å². The van der Waals surface area contributed by atoms with Gasteiger partial charge in [-0.25, -0.2) is 0 Å². The summed E-state index contributed by atoms with van der Waals surface area (Å²) >= 11 is 0. The molecule has 0 bridgehead atoms. The molecule has 1 rings (SSSR count). The number of rotatable bonds is 8. The molecule has 6 N–H and O–H groups in total. The molecule has 1 fully saturated rings. The number of nitrogens with two attached hydrogens (primary N) is 2. The van der Waals surface area contributed by atoms with Gasteiger partial charge < -0.3 is 26.4 Å². The third-order valence-electron chi connectivity index (χ3n) is 4.49. The quantitative estimate of drug-likeness (QED) is 0.510. The summed E-state index contributed by atoms with van der Waals surface area (Å²) in [6.07, 6.45) is 0.432. The van der Waals surface area contributed by atoms with Crippen LogP contribution in [0.4, 0.5) is 0 Å². The summed E-state index contributed by atoms with van der Waals surface area (Å²) < 4.78 is 5.90. The molecule has 0 aromatic carbocycles. The first kappa shape index (κ1) is 20.8. The van der Waals surface area contributed by atoms with Crippen LogP contribution in [0.1, 0.15) is 47.0 Å². The van der Waals surface area contributed by atoms with Gasteiger partial charge in [-0.05, 0) is 57.8 Å². The van der Waals surface area contributed by atoms with E-state index in [-0.39, 0.29) is 23.7 Å². The molecule has 0 amide bonds. The highest BCUT2D eigenvalue weighted by Gasteiger charge is 2.45. The standard InChI is InChI=1S/C17H37N3O3/c1-12-15(21)14(20(9-5-7-18)10-6-8-19)16(22)13(23-12)11-17(2,3)4/h12-16,21-22H,5-11,18-19H2,1-4H3/t12-,13+,14+,15-,16-/m1/s1. The lowest BCUT2D eigenvalue weighted by atomic mass is 9.82. The molecule has 1 heterocycles. The number of nitrogens with zero attached hydrogens (tertiary/aromatic N) is 1. The maximum atomic E-state index is 10.9. The van der Waals surface area contributed by atoms with Crippen molar-refractivity contribution in [2.75, 3.05) is 26.2 Å². The predicted molar refractivity (Wildman–Crippen MR) is 93.1 cm³/mol. The van der Waals surface area contributed by atoms with Crippen molar-refractivity contribution in [2.45, 2.75) is 77.4 Å². The van der Waals surface area contributed by atoms with E-state index in [0.717, 1.165) is 32.4 Å². The normalized spacial score (nSPS) is 32.5. The van der Waals surface area contributed by atoms with Crippen LogP contribution in [0, 0.1) is 5.41 Å². The molecule has 0 radical (unpaired) electrons. The van der Waals surface area contributed by atoms with Crippen LogP contribution in [-0.2, 0) is 4.74 Å². The molecule has 0 aromatic heterocycles. The molecule has 6 nitrogen and oxygen atoms in total. The van der Waals surface area contributed by atoms with Gasteiger partial charge in [-0.3, -0.25) is 4.90 Å². The van der Waals surface area contributed by atoms with Crippen LogP contribution in [0.15, 0.2) is 0 Å². The van der Waals surface area contributed by atoms with E-state index in [1.54, 1.807) is 0 Å². The Labute approximate surface area is 141 Å². The van der Waals surface area contributed by atoms with Gasteiger partial charge in [-0.1, -0.05) is 20.8 Å². The van der Waals surface area contributed by atoms with Crippen LogP contribution in [0.25, 0.3) is 0 Å². The fourth-order valence-corrected chi connectivity index (χ4v) is 3.34. The molecular weight excluding hydrogens is 294 g/mol. The van der Waals surface area contributed by atoms with Gasteiger partial charge in [0.1, 0.15) is 0 Å². The Hall–Kier alpha value is -0.240. The monoisotopic (exact) mass is 331 g/mol. The van der Waals surface area contributed by atoms with Crippen LogP contribution >= 0.6 is 0 Å². The van der Waals surface area contributed by atoms with Crippen molar-refractivity contribution < 1.29 is 14.9 Å². The second-order valence-electron chi connectivity index (χ2n) is 7.94. The summed E-state index contributed by atoms with van der Waals surface area (Å²) in [5, 5.41) is 21.5. The lowest BCUT2D eigenvalue weighted by Gasteiger charge is -2.48. The molecule has 138 valence electrons. The molecular formula is C17H37N3O3. The molecule has 0 saturated carbocycles. The van der Waals surface area contributed by atoms with E-state index in [1.165, 1.54) is 0 Å². The van der Waals surface area contributed by atoms with Crippen molar-refractivity contribution in [3.63, 3.8) is 0 Å². The Kier molecular flexibility index (Phi) is 8.41. The second kappa shape index (κ2) is 9.30. The molecule has 0 aliphatic carbocycles. The fraction of sp³-hybridized carbons (Fsp3) is 1.00. The van der Waals surface area contributed by atoms with E-state index in [1.807, 2.05) is 6.92 Å². The largest absolute Gasteiger partial charge is 0.389 e. The number of aliphatic hydroxyl groups excluding tert-OH is 2. The average Bonchev–Trinajstić information content (AvgIpc) is 2.45. The van der Waals surface area contributed by atoms with Crippen molar-refractivity contribution in [1.82, 2.24) is 4.90 Å². The summed E-state index contributed by atoms with van der Waals surface area (Å²) in [6, 6.07) is -0.329. The zero-order chi connectivity index (χ0) is 17.6. The van der Waals surface area contributed by atoms with Crippen LogP contribution < -0.4 is 11.5 Å². The summed E-state index contributed by atoms with van der Waals surface area (Å²) in [6.45, 7) is 11.0. The zero-order valence-corrected chi connectivity index (χ0v) is 15.2. The first-order valence-electron chi connectivity index (χ1n) is 8.87. The SMILES string of the molecule is C[C@H]1O[C@@H](CC(C)(C)C)[C@@H](O)[C@@H](N(CCCN)CCCN)[C@@H]1O. The molecule has 0 aromatic rings. The van der Waals surface area contributed by atoms with Gasteiger partial charge in [0.15, 0.2) is 0 Å². The van der Waals surface area contributed by atoms with Gasteiger partial charge in [0.2, 0.25) is 0 Å². The van der Waals surface area contributed by atoms with E-state index >= 15 is 0 Å². The third kappa shape index (κ3) is 6.29. The van der Waals surface area contributed by atoms with E-state index in [9.17, 15) is 10.2 Å². The molecule has 6 heteroatoms. The molecule has 0 spiro atoms. The van der Waals surface area contributed by atoms with Gasteiger partial charge in [0, 0.05) is 0 Å². The van der Waals surface area contributed by atoms with Crippen LogP contribution in [-0.4, -0.2) is 71.7 Å². The van der Waals surface area contributed by atoms with E-state index in [0.29, 0.717) is 13.1 Å². The van der Waals surface area contributed by atoms with E-state index < -0.39 is 12.2 Å². The Morgan fingerprint density at radius 3 is 1.96 bits per heavy atom. The van der Waals surface area contributed by atoms with Gasteiger partial charge in [0.25, 0.3) is 0 Å². The summed E-state index contributed by atoms with van der Waals surface area (Å²) in [5.41, 5.74) is 11.3. The number of aliphatic hydroxyl groups is 2. The first-order chi connectivity index (χ1) is 10.7. The molecule has 5 atom stereocenters. The Morgan fingerprint density at radius 2 is 1.52 bits per heavy atom. The fourth-order valence-electron chi connectivity index (χ4n) is 3.34. The second-order valence-corrected chi connectivity index (χ2v) is 7.94. The van der Waals surface area contributed by atoms with Gasteiger partial charge >= 0.3 is 0 Å². The predicted octanol–water partition coefficient (Wildman–Crippen LogP) is 0.300. The van der Waals surface area contributed by atoms with E-state index in [4.69, 9.17) is 16.2 Å². The molecule has 23 heavy (non-hydrogen) atoms. The van der Waals surface area contributed by atoms with Crippen molar-refractivity contribution in [3.8, 4) is 0 Å². The van der Waals surface area contributed by atoms with Gasteiger partial charge in [-0.2, -0.15) is 0 Å². The Bertz CT molecular complexity index is 328. The minimum absolute atomic E-state index is 0.0531. The molecule has 1 aliphatic rings. The highest BCUT2D eigenvalue weighted by atomic mass is 16.5. The highest BCUT2D eigenvalue weighted by Crippen LogP contribution is 2.32. The topological polar surface area (TPSA) is 105 Å². The number of hydrogen-bond donors (Lipinski definition) is 4. The summed E-state index contributed by atoms with van der Waals surface area (Å²) in [5.74, 6) is 0.